The molecule has 0 spiro atoms. The molecule has 26 heavy (non-hydrogen) atoms. The largest absolute Gasteiger partial charge is 0.383 e. The molecule has 0 N–H and O–H groups in total. The zero-order chi connectivity index (χ0) is 19.5. The van der Waals surface area contributed by atoms with Crippen molar-refractivity contribution in [3.8, 4) is 0 Å². The molecule has 0 aliphatic carbocycles. The summed E-state index contributed by atoms with van der Waals surface area (Å²) < 4.78 is 5.16. The Kier molecular flexibility index (Phi) is 11.2. The summed E-state index contributed by atoms with van der Waals surface area (Å²) in [4.78, 5) is 7.57. The van der Waals surface area contributed by atoms with Gasteiger partial charge in [0.25, 0.3) is 0 Å². The number of allylic oxidation sites excluding steroid dienone is 3. The molecule has 1 aliphatic heterocycles. The van der Waals surface area contributed by atoms with E-state index >= 15 is 0 Å². The second-order valence-electron chi connectivity index (χ2n) is 7.84. The average molecular weight is 366 g/mol. The van der Waals surface area contributed by atoms with Gasteiger partial charge >= 0.3 is 0 Å². The van der Waals surface area contributed by atoms with Crippen molar-refractivity contribution in [1.29, 1.82) is 0 Å². The zero-order valence-electron chi connectivity index (χ0n) is 18.5. The molecule has 1 fully saturated rings. The maximum atomic E-state index is 5.16. The van der Waals surface area contributed by atoms with Crippen molar-refractivity contribution in [2.24, 2.45) is 5.92 Å². The van der Waals surface area contributed by atoms with E-state index in [0.29, 0.717) is 5.92 Å². The molecule has 4 heteroatoms. The minimum absolute atomic E-state index is 0.665. The summed E-state index contributed by atoms with van der Waals surface area (Å²) >= 11 is 0. The highest BCUT2D eigenvalue weighted by Crippen LogP contribution is 2.22. The number of hydrogen-bond acceptors (Lipinski definition) is 4. The summed E-state index contributed by atoms with van der Waals surface area (Å²) in [5.41, 5.74) is 4.50. The van der Waals surface area contributed by atoms with Gasteiger partial charge in [0.15, 0.2) is 0 Å². The van der Waals surface area contributed by atoms with Gasteiger partial charge in [-0.3, -0.25) is 4.90 Å². The van der Waals surface area contributed by atoms with Crippen LogP contribution in [0.5, 0.6) is 0 Å². The Morgan fingerprint density at radius 2 is 1.77 bits per heavy atom. The van der Waals surface area contributed by atoms with Gasteiger partial charge in [0.05, 0.1) is 6.61 Å². The van der Waals surface area contributed by atoms with E-state index in [-0.39, 0.29) is 0 Å². The van der Waals surface area contributed by atoms with Gasteiger partial charge < -0.3 is 14.5 Å². The zero-order valence-corrected chi connectivity index (χ0v) is 18.5. The standard InChI is InChI=1S/C22H43N3O/c1-8-19(3)21(5)18-22(20(4)9-2)25-14-12-24(13-15-25)11-10-23(6)16-17-26-7/h18-19H,8-17H2,1-7H3/b21-18-,22-20?. The highest BCUT2D eigenvalue weighted by atomic mass is 16.5. The van der Waals surface area contributed by atoms with Crippen LogP contribution >= 0.6 is 0 Å². The first-order valence-electron chi connectivity index (χ1n) is 10.5. The molecule has 0 saturated carbocycles. The van der Waals surface area contributed by atoms with E-state index in [2.05, 4.69) is 62.4 Å². The van der Waals surface area contributed by atoms with Crippen LogP contribution < -0.4 is 0 Å². The number of likely N-dealkylation sites (N-methyl/N-ethyl adjacent to an activating group) is 1. The molecule has 1 aliphatic rings. The summed E-state index contributed by atoms with van der Waals surface area (Å²) in [6, 6.07) is 0. The van der Waals surface area contributed by atoms with Crippen molar-refractivity contribution in [2.75, 3.05) is 66.6 Å². The average Bonchev–Trinajstić information content (AvgIpc) is 2.67. The Morgan fingerprint density at radius 1 is 1.12 bits per heavy atom. The lowest BCUT2D eigenvalue weighted by atomic mass is 9.97. The Hall–Kier alpha value is -0.840. The lowest BCUT2D eigenvalue weighted by molar-refractivity contribution is 0.128. The third-order valence-corrected chi connectivity index (χ3v) is 5.91. The smallest absolute Gasteiger partial charge is 0.0589 e. The lowest BCUT2D eigenvalue weighted by Crippen LogP contribution is -2.47. The molecule has 4 nitrogen and oxygen atoms in total. The maximum absolute atomic E-state index is 5.16. The van der Waals surface area contributed by atoms with Crippen molar-refractivity contribution in [3.63, 3.8) is 0 Å². The predicted molar refractivity (Wildman–Crippen MR) is 114 cm³/mol. The van der Waals surface area contributed by atoms with E-state index < -0.39 is 0 Å². The number of hydrogen-bond donors (Lipinski definition) is 0. The van der Waals surface area contributed by atoms with Crippen molar-refractivity contribution < 1.29 is 4.74 Å². The second-order valence-corrected chi connectivity index (χ2v) is 7.84. The Labute approximate surface area is 162 Å². The Balaban J connectivity index is 2.60. The third kappa shape index (κ3) is 7.81. The maximum Gasteiger partial charge on any atom is 0.0589 e. The molecule has 152 valence electrons. The SMILES string of the molecule is CCC(C)=C(/C=C(/C)C(C)CC)N1CCN(CCN(C)CCOC)CC1. The first-order valence-corrected chi connectivity index (χ1v) is 10.5. The minimum Gasteiger partial charge on any atom is -0.383 e. The van der Waals surface area contributed by atoms with Crippen LogP contribution in [0.15, 0.2) is 22.9 Å². The van der Waals surface area contributed by atoms with Crippen molar-refractivity contribution in [1.82, 2.24) is 14.7 Å². The van der Waals surface area contributed by atoms with E-state index in [1.165, 1.54) is 23.3 Å². The molecular formula is C22H43N3O. The van der Waals surface area contributed by atoms with Gasteiger partial charge in [0, 0.05) is 58.6 Å². The molecule has 1 unspecified atom stereocenters. The van der Waals surface area contributed by atoms with Gasteiger partial charge in [-0.25, -0.2) is 0 Å². The summed E-state index contributed by atoms with van der Waals surface area (Å²) in [6.07, 6.45) is 4.80. The Morgan fingerprint density at radius 3 is 2.31 bits per heavy atom. The van der Waals surface area contributed by atoms with Gasteiger partial charge in [-0.05, 0) is 45.7 Å². The molecule has 1 heterocycles. The first-order chi connectivity index (χ1) is 12.4. The van der Waals surface area contributed by atoms with Gasteiger partial charge in [0.2, 0.25) is 0 Å². The van der Waals surface area contributed by atoms with Crippen molar-refractivity contribution >= 4 is 0 Å². The molecule has 1 rings (SSSR count). The van der Waals surface area contributed by atoms with Gasteiger partial charge in [0.1, 0.15) is 0 Å². The fraction of sp³-hybridized carbons (Fsp3) is 0.818. The van der Waals surface area contributed by atoms with Crippen LogP contribution in [0.2, 0.25) is 0 Å². The van der Waals surface area contributed by atoms with Crippen LogP contribution in [0.4, 0.5) is 0 Å². The molecule has 0 amide bonds. The summed E-state index contributed by atoms with van der Waals surface area (Å²) in [6.45, 7) is 20.2. The summed E-state index contributed by atoms with van der Waals surface area (Å²) in [5, 5.41) is 0. The van der Waals surface area contributed by atoms with Crippen LogP contribution in [0.25, 0.3) is 0 Å². The quantitative estimate of drug-likeness (QED) is 0.518. The first kappa shape index (κ1) is 23.2. The lowest BCUT2D eigenvalue weighted by Gasteiger charge is -2.38. The van der Waals surface area contributed by atoms with Crippen LogP contribution in [-0.4, -0.2) is 81.3 Å². The summed E-state index contributed by atoms with van der Waals surface area (Å²) in [5.74, 6) is 0.665. The van der Waals surface area contributed by atoms with Crippen LogP contribution in [0, 0.1) is 5.92 Å². The highest BCUT2D eigenvalue weighted by molar-refractivity contribution is 5.28. The fourth-order valence-electron chi connectivity index (χ4n) is 3.23. The number of ether oxygens (including phenoxy) is 1. The van der Waals surface area contributed by atoms with Crippen LogP contribution in [0.1, 0.15) is 47.5 Å². The predicted octanol–water partition coefficient (Wildman–Crippen LogP) is 3.86. The topological polar surface area (TPSA) is 19.0 Å². The molecule has 0 aromatic rings. The fourth-order valence-corrected chi connectivity index (χ4v) is 3.23. The molecule has 0 aromatic carbocycles. The molecule has 0 bridgehead atoms. The molecule has 0 aromatic heterocycles. The number of piperazine rings is 1. The van der Waals surface area contributed by atoms with Crippen LogP contribution in [0.3, 0.4) is 0 Å². The van der Waals surface area contributed by atoms with Gasteiger partial charge in [-0.15, -0.1) is 0 Å². The van der Waals surface area contributed by atoms with E-state index in [4.69, 9.17) is 4.74 Å². The third-order valence-electron chi connectivity index (χ3n) is 5.91. The van der Waals surface area contributed by atoms with E-state index in [1.54, 1.807) is 7.11 Å². The van der Waals surface area contributed by atoms with Crippen LogP contribution in [-0.2, 0) is 4.74 Å². The summed E-state index contributed by atoms with van der Waals surface area (Å²) in [7, 11) is 3.96. The monoisotopic (exact) mass is 365 g/mol. The molecule has 1 saturated heterocycles. The van der Waals surface area contributed by atoms with Crippen molar-refractivity contribution in [2.45, 2.75) is 47.5 Å². The molecule has 0 radical (unpaired) electrons. The number of nitrogens with zero attached hydrogens (tertiary/aromatic N) is 3. The highest BCUT2D eigenvalue weighted by Gasteiger charge is 2.19. The molecular weight excluding hydrogens is 322 g/mol. The Bertz CT molecular complexity index is 450. The molecule has 1 atom stereocenters. The second kappa shape index (κ2) is 12.5. The number of rotatable bonds is 11. The van der Waals surface area contributed by atoms with E-state index in [9.17, 15) is 0 Å². The number of methoxy groups -OCH3 is 1. The van der Waals surface area contributed by atoms with Gasteiger partial charge in [-0.1, -0.05) is 31.9 Å². The normalized spacial score (nSPS) is 19.1. The van der Waals surface area contributed by atoms with E-state index in [0.717, 1.165) is 58.8 Å². The van der Waals surface area contributed by atoms with E-state index in [1.807, 2.05) is 0 Å². The van der Waals surface area contributed by atoms with Crippen molar-refractivity contribution in [3.05, 3.63) is 22.9 Å². The van der Waals surface area contributed by atoms with Gasteiger partial charge in [-0.2, -0.15) is 0 Å². The minimum atomic E-state index is 0.665.